The van der Waals surface area contributed by atoms with Crippen molar-refractivity contribution in [1.82, 2.24) is 4.90 Å². The van der Waals surface area contributed by atoms with Gasteiger partial charge in [-0.3, -0.25) is 4.90 Å². The molecule has 0 aromatic heterocycles. The van der Waals surface area contributed by atoms with Crippen molar-refractivity contribution < 1.29 is 9.90 Å². The molecule has 0 radical (unpaired) electrons. The molecule has 148 valence electrons. The number of carboxylic acids is 1. The maximum atomic E-state index is 11.0. The van der Waals surface area contributed by atoms with Gasteiger partial charge in [-0.15, -0.1) is 0 Å². The van der Waals surface area contributed by atoms with Crippen LogP contribution >= 0.6 is 0 Å². The van der Waals surface area contributed by atoms with E-state index in [1.807, 2.05) is 12.1 Å². The van der Waals surface area contributed by atoms with E-state index in [0.29, 0.717) is 5.56 Å². The van der Waals surface area contributed by atoms with E-state index in [-0.39, 0.29) is 0 Å². The summed E-state index contributed by atoms with van der Waals surface area (Å²) in [4.78, 5) is 16.2. The minimum absolute atomic E-state index is 0.325. The van der Waals surface area contributed by atoms with Crippen LogP contribution in [-0.4, -0.2) is 48.2 Å². The van der Waals surface area contributed by atoms with E-state index in [2.05, 4.69) is 41.0 Å². The molecule has 2 fully saturated rings. The summed E-state index contributed by atoms with van der Waals surface area (Å²) >= 11 is 0. The number of aromatic carboxylic acids is 1. The fraction of sp³-hybridized carbons (Fsp3) is 0.458. The molecule has 28 heavy (non-hydrogen) atoms. The Labute approximate surface area is 167 Å². The van der Waals surface area contributed by atoms with Gasteiger partial charge in [-0.1, -0.05) is 31.2 Å². The van der Waals surface area contributed by atoms with Gasteiger partial charge in [0.1, 0.15) is 0 Å². The minimum Gasteiger partial charge on any atom is -0.478 e. The van der Waals surface area contributed by atoms with Crippen LogP contribution in [0, 0.1) is 5.92 Å². The molecule has 4 heteroatoms. The van der Waals surface area contributed by atoms with Gasteiger partial charge in [0.15, 0.2) is 0 Å². The predicted molar refractivity (Wildman–Crippen MR) is 114 cm³/mol. The first-order valence-corrected chi connectivity index (χ1v) is 10.5. The number of hydrogen-bond donors (Lipinski definition) is 1. The number of piperazine rings is 1. The molecule has 1 N–H and O–H groups in total. The van der Waals surface area contributed by atoms with E-state index in [1.54, 1.807) is 12.1 Å². The van der Waals surface area contributed by atoms with Crippen LogP contribution in [0.4, 0.5) is 5.69 Å². The highest BCUT2D eigenvalue weighted by Gasteiger charge is 2.27. The number of carboxylic acid groups (broad SMARTS) is 1. The quantitative estimate of drug-likeness (QED) is 0.834. The van der Waals surface area contributed by atoms with Gasteiger partial charge in [-0.2, -0.15) is 0 Å². The number of benzene rings is 2. The van der Waals surface area contributed by atoms with Crippen LogP contribution in [0.3, 0.4) is 0 Å². The van der Waals surface area contributed by atoms with E-state index in [1.165, 1.54) is 31.4 Å². The van der Waals surface area contributed by atoms with Gasteiger partial charge in [-0.05, 0) is 67.0 Å². The minimum atomic E-state index is -0.885. The van der Waals surface area contributed by atoms with Crippen LogP contribution in [0.25, 0.3) is 11.1 Å². The molecule has 4 nitrogen and oxygen atoms in total. The van der Waals surface area contributed by atoms with Gasteiger partial charge >= 0.3 is 5.97 Å². The Balaban J connectivity index is 1.35. The number of rotatable bonds is 4. The molecule has 2 aromatic carbocycles. The van der Waals surface area contributed by atoms with Crippen molar-refractivity contribution in [1.29, 1.82) is 0 Å². The third-order valence-electron chi connectivity index (χ3n) is 6.51. The molecule has 0 atom stereocenters. The van der Waals surface area contributed by atoms with Crippen molar-refractivity contribution in [2.45, 2.75) is 38.6 Å². The summed E-state index contributed by atoms with van der Waals surface area (Å²) in [5.74, 6) is 0.0279. The molecule has 1 saturated heterocycles. The van der Waals surface area contributed by atoms with Gasteiger partial charge in [0, 0.05) is 37.9 Å². The molecule has 0 amide bonds. The second-order valence-corrected chi connectivity index (χ2v) is 8.37. The van der Waals surface area contributed by atoms with Crippen molar-refractivity contribution in [3.05, 3.63) is 54.1 Å². The fourth-order valence-corrected chi connectivity index (χ4v) is 4.62. The summed E-state index contributed by atoms with van der Waals surface area (Å²) in [7, 11) is 0. The molecule has 4 rings (SSSR count). The monoisotopic (exact) mass is 378 g/mol. The zero-order chi connectivity index (χ0) is 19.5. The van der Waals surface area contributed by atoms with Crippen LogP contribution in [0.2, 0.25) is 0 Å². The Morgan fingerprint density at radius 2 is 1.36 bits per heavy atom. The third kappa shape index (κ3) is 4.22. The van der Waals surface area contributed by atoms with Gasteiger partial charge in [-0.25, -0.2) is 4.79 Å². The standard InChI is InChI=1S/C24H30N2O2/c1-18-2-10-22(11-3-18)25-14-16-26(17-15-25)23-12-8-20(9-13-23)19-4-6-21(7-5-19)24(27)28/h4-9,12-13,18,22H,2-3,10-11,14-17H2,1H3,(H,27,28)/t18-,22+. The normalized spacial score (nSPS) is 23.5. The Morgan fingerprint density at radius 3 is 1.89 bits per heavy atom. The third-order valence-corrected chi connectivity index (χ3v) is 6.51. The summed E-state index contributed by atoms with van der Waals surface area (Å²) < 4.78 is 0. The van der Waals surface area contributed by atoms with E-state index in [4.69, 9.17) is 5.11 Å². The summed E-state index contributed by atoms with van der Waals surface area (Å²) in [5, 5.41) is 9.03. The lowest BCUT2D eigenvalue weighted by Crippen LogP contribution is -2.51. The summed E-state index contributed by atoms with van der Waals surface area (Å²) in [6, 6.07) is 16.5. The highest BCUT2D eigenvalue weighted by atomic mass is 16.4. The zero-order valence-corrected chi connectivity index (χ0v) is 16.7. The molecular formula is C24H30N2O2. The zero-order valence-electron chi connectivity index (χ0n) is 16.7. The average molecular weight is 379 g/mol. The van der Waals surface area contributed by atoms with Gasteiger partial charge < -0.3 is 10.0 Å². The van der Waals surface area contributed by atoms with Crippen LogP contribution in [0.15, 0.2) is 48.5 Å². The van der Waals surface area contributed by atoms with Crippen molar-refractivity contribution >= 4 is 11.7 Å². The lowest BCUT2D eigenvalue weighted by atomic mass is 9.86. The molecule has 2 aliphatic rings. The number of hydrogen-bond acceptors (Lipinski definition) is 3. The molecule has 1 aliphatic heterocycles. The highest BCUT2D eigenvalue weighted by Crippen LogP contribution is 2.29. The maximum absolute atomic E-state index is 11.0. The van der Waals surface area contributed by atoms with Crippen molar-refractivity contribution in [3.8, 4) is 11.1 Å². The first-order valence-electron chi connectivity index (χ1n) is 10.5. The molecule has 1 saturated carbocycles. The first-order chi connectivity index (χ1) is 13.6. The van der Waals surface area contributed by atoms with Crippen LogP contribution in [0.1, 0.15) is 43.0 Å². The first kappa shape index (κ1) is 19.0. The van der Waals surface area contributed by atoms with E-state index >= 15 is 0 Å². The van der Waals surface area contributed by atoms with Crippen molar-refractivity contribution in [2.75, 3.05) is 31.1 Å². The smallest absolute Gasteiger partial charge is 0.335 e. The van der Waals surface area contributed by atoms with Crippen molar-refractivity contribution in [3.63, 3.8) is 0 Å². The molecule has 2 aromatic rings. The number of nitrogens with zero attached hydrogens (tertiary/aromatic N) is 2. The van der Waals surface area contributed by atoms with Crippen LogP contribution < -0.4 is 4.90 Å². The van der Waals surface area contributed by atoms with E-state index in [0.717, 1.165) is 49.3 Å². The number of carbonyl (C=O) groups is 1. The average Bonchev–Trinajstić information content (AvgIpc) is 2.75. The fourth-order valence-electron chi connectivity index (χ4n) is 4.62. The Hall–Kier alpha value is -2.33. The molecule has 0 bridgehead atoms. The Kier molecular flexibility index (Phi) is 5.67. The maximum Gasteiger partial charge on any atom is 0.335 e. The second kappa shape index (κ2) is 8.36. The Morgan fingerprint density at radius 1 is 0.821 bits per heavy atom. The Bertz CT molecular complexity index is 784. The highest BCUT2D eigenvalue weighted by molar-refractivity contribution is 5.88. The summed E-state index contributed by atoms with van der Waals surface area (Å²) in [5.41, 5.74) is 3.78. The molecule has 1 heterocycles. The predicted octanol–water partition coefficient (Wildman–Crippen LogP) is 4.75. The van der Waals surface area contributed by atoms with E-state index in [9.17, 15) is 4.79 Å². The van der Waals surface area contributed by atoms with Crippen molar-refractivity contribution in [2.24, 2.45) is 5.92 Å². The lowest BCUT2D eigenvalue weighted by molar-refractivity contribution is 0.0697. The molecular weight excluding hydrogens is 348 g/mol. The van der Waals surface area contributed by atoms with E-state index < -0.39 is 5.97 Å². The summed E-state index contributed by atoms with van der Waals surface area (Å²) in [6.45, 7) is 6.91. The molecule has 0 spiro atoms. The second-order valence-electron chi connectivity index (χ2n) is 8.37. The largest absolute Gasteiger partial charge is 0.478 e. The van der Waals surface area contributed by atoms with Crippen LogP contribution in [-0.2, 0) is 0 Å². The van der Waals surface area contributed by atoms with Crippen LogP contribution in [0.5, 0.6) is 0 Å². The number of anilines is 1. The SMILES string of the molecule is C[C@H]1CC[C@@H](N2CCN(c3ccc(-c4ccc(C(=O)O)cc4)cc3)CC2)CC1. The van der Waals surface area contributed by atoms with Gasteiger partial charge in [0.25, 0.3) is 0 Å². The molecule has 1 aliphatic carbocycles. The molecule has 0 unspecified atom stereocenters. The van der Waals surface area contributed by atoms with Gasteiger partial charge in [0.2, 0.25) is 0 Å². The summed E-state index contributed by atoms with van der Waals surface area (Å²) in [6.07, 6.45) is 5.52. The van der Waals surface area contributed by atoms with Gasteiger partial charge in [0.05, 0.1) is 5.56 Å². The lowest BCUT2D eigenvalue weighted by Gasteiger charge is -2.42. The topological polar surface area (TPSA) is 43.8 Å².